The Kier molecular flexibility index (Phi) is 6.57. The molecule has 1 amide bonds. The molecule has 7 nitrogen and oxygen atoms in total. The Labute approximate surface area is 236 Å². The van der Waals surface area contributed by atoms with Gasteiger partial charge in [-0.3, -0.25) is 4.79 Å². The molecule has 6 aromatic rings. The fraction of sp³-hybridized carbons (Fsp3) is 0.0645. The van der Waals surface area contributed by atoms with Crippen molar-refractivity contribution in [1.82, 2.24) is 14.5 Å². The summed E-state index contributed by atoms with van der Waals surface area (Å²) in [4.78, 5) is 23.1. The lowest BCUT2D eigenvalue weighted by atomic mass is 10.2. The number of carbonyl (C=O) groups excluding carboxylic acids is 1. The van der Waals surface area contributed by atoms with Crippen LogP contribution in [-0.2, 0) is 16.4 Å². The first-order valence-corrected chi connectivity index (χ1v) is 14.4. The van der Waals surface area contributed by atoms with Gasteiger partial charge in [0.15, 0.2) is 5.65 Å². The Morgan fingerprint density at radius 3 is 2.15 bits per heavy atom. The Morgan fingerprint density at radius 1 is 0.825 bits per heavy atom. The number of hydrogen-bond donors (Lipinski definition) is 1. The Balaban J connectivity index is 1.67. The average Bonchev–Trinajstić information content (AvgIpc) is 3.24. The highest BCUT2D eigenvalue weighted by Gasteiger charge is 2.32. The third kappa shape index (κ3) is 4.61. The lowest BCUT2D eigenvalue weighted by molar-refractivity contribution is 0.102. The quantitative estimate of drug-likeness (QED) is 0.243. The van der Waals surface area contributed by atoms with E-state index in [9.17, 15) is 13.2 Å². The second-order valence-corrected chi connectivity index (χ2v) is 11.7. The number of fused-ring (bicyclic) bond motifs is 2. The molecule has 2 aromatic heterocycles. The van der Waals surface area contributed by atoms with Crippen LogP contribution in [0.1, 0.15) is 21.5 Å². The number of anilines is 1. The minimum absolute atomic E-state index is 0.0691. The SMILES string of the molecule is Cc1ccc(S(=O)(=O)c2c(NC(=O)c3ccccc3Cl)n(Cc3ccccc3)c3nc4ccccc4nc23)cc1. The minimum atomic E-state index is -4.16. The smallest absolute Gasteiger partial charge is 0.258 e. The number of rotatable bonds is 6. The predicted octanol–water partition coefficient (Wildman–Crippen LogP) is 6.68. The summed E-state index contributed by atoms with van der Waals surface area (Å²) >= 11 is 6.33. The molecular formula is C31H23ClN4O3S. The summed E-state index contributed by atoms with van der Waals surface area (Å²) in [6, 6.07) is 30.0. The van der Waals surface area contributed by atoms with Gasteiger partial charge >= 0.3 is 0 Å². The summed E-state index contributed by atoms with van der Waals surface area (Å²) in [5, 5.41) is 3.11. The second-order valence-electron chi connectivity index (χ2n) is 9.38. The van der Waals surface area contributed by atoms with E-state index in [4.69, 9.17) is 21.6 Å². The lowest BCUT2D eigenvalue weighted by Crippen LogP contribution is -2.18. The van der Waals surface area contributed by atoms with E-state index in [2.05, 4.69) is 5.32 Å². The number of aromatic nitrogens is 3. The largest absolute Gasteiger partial charge is 0.307 e. The van der Waals surface area contributed by atoms with Crippen molar-refractivity contribution < 1.29 is 13.2 Å². The Morgan fingerprint density at radius 2 is 1.45 bits per heavy atom. The van der Waals surface area contributed by atoms with Crippen molar-refractivity contribution in [2.75, 3.05) is 5.32 Å². The molecule has 0 bridgehead atoms. The molecule has 4 aromatic carbocycles. The van der Waals surface area contributed by atoms with Crippen LogP contribution in [0, 0.1) is 6.92 Å². The molecule has 0 spiro atoms. The molecule has 0 unspecified atom stereocenters. The van der Waals surface area contributed by atoms with Crippen molar-refractivity contribution in [2.45, 2.75) is 23.3 Å². The van der Waals surface area contributed by atoms with E-state index in [1.807, 2.05) is 55.5 Å². The van der Waals surface area contributed by atoms with Crippen LogP contribution in [0.4, 0.5) is 5.82 Å². The van der Waals surface area contributed by atoms with E-state index >= 15 is 0 Å². The third-order valence-corrected chi connectivity index (χ3v) is 8.79. The Bertz CT molecular complexity index is 2000. The number of nitrogens with one attached hydrogen (secondary N) is 1. The van der Waals surface area contributed by atoms with Crippen LogP contribution in [0.25, 0.3) is 22.2 Å². The van der Waals surface area contributed by atoms with E-state index in [0.29, 0.717) is 16.7 Å². The standard InChI is InChI=1S/C31H23ClN4O3S/c1-20-15-17-22(18-16-20)40(38,39)28-27-29(34-26-14-8-7-13-25(26)33-27)36(19-21-9-3-2-4-10-21)30(28)35-31(37)23-11-5-6-12-24(23)32/h2-18H,19H2,1H3,(H,35,37). The van der Waals surface area contributed by atoms with Gasteiger partial charge in [0.05, 0.1) is 33.1 Å². The van der Waals surface area contributed by atoms with Crippen LogP contribution in [0.5, 0.6) is 0 Å². The van der Waals surface area contributed by atoms with Gasteiger partial charge < -0.3 is 9.88 Å². The van der Waals surface area contributed by atoms with Crippen LogP contribution in [0.3, 0.4) is 0 Å². The molecule has 0 aliphatic heterocycles. The molecule has 6 rings (SSSR count). The topological polar surface area (TPSA) is 94.0 Å². The van der Waals surface area contributed by atoms with Gasteiger partial charge in [-0.15, -0.1) is 0 Å². The third-order valence-electron chi connectivity index (χ3n) is 6.64. The van der Waals surface area contributed by atoms with Crippen molar-refractivity contribution in [1.29, 1.82) is 0 Å². The number of para-hydroxylation sites is 2. The van der Waals surface area contributed by atoms with Crippen LogP contribution >= 0.6 is 11.6 Å². The first kappa shape index (κ1) is 25.7. The number of aryl methyl sites for hydroxylation is 1. The zero-order valence-electron chi connectivity index (χ0n) is 21.4. The Hall–Kier alpha value is -4.53. The lowest BCUT2D eigenvalue weighted by Gasteiger charge is -2.14. The fourth-order valence-electron chi connectivity index (χ4n) is 4.63. The number of carbonyl (C=O) groups is 1. The molecule has 0 saturated heterocycles. The van der Waals surface area contributed by atoms with Crippen molar-refractivity contribution in [2.24, 2.45) is 0 Å². The molecule has 198 valence electrons. The van der Waals surface area contributed by atoms with Gasteiger partial charge in [0.2, 0.25) is 9.84 Å². The van der Waals surface area contributed by atoms with E-state index in [-0.39, 0.29) is 38.3 Å². The van der Waals surface area contributed by atoms with Gasteiger partial charge in [-0.25, -0.2) is 18.4 Å². The summed E-state index contributed by atoms with van der Waals surface area (Å²) in [6.07, 6.45) is 0. The summed E-state index contributed by atoms with van der Waals surface area (Å²) in [6.45, 7) is 2.13. The highest BCUT2D eigenvalue weighted by atomic mass is 35.5. The van der Waals surface area contributed by atoms with Gasteiger partial charge in [-0.05, 0) is 48.9 Å². The number of benzene rings is 4. The molecule has 0 aliphatic carbocycles. The van der Waals surface area contributed by atoms with E-state index in [0.717, 1.165) is 11.1 Å². The van der Waals surface area contributed by atoms with Crippen molar-refractivity contribution >= 4 is 55.4 Å². The highest BCUT2D eigenvalue weighted by Crippen LogP contribution is 2.38. The molecule has 40 heavy (non-hydrogen) atoms. The number of amides is 1. The maximum Gasteiger partial charge on any atom is 0.258 e. The maximum absolute atomic E-state index is 14.3. The van der Waals surface area contributed by atoms with Crippen molar-refractivity contribution in [3.05, 3.63) is 125 Å². The van der Waals surface area contributed by atoms with Crippen molar-refractivity contribution in [3.63, 3.8) is 0 Å². The first-order valence-electron chi connectivity index (χ1n) is 12.5. The first-order chi connectivity index (χ1) is 19.3. The molecule has 0 fully saturated rings. The zero-order valence-corrected chi connectivity index (χ0v) is 22.9. The average molecular weight is 567 g/mol. The molecule has 0 radical (unpaired) electrons. The van der Waals surface area contributed by atoms with Gasteiger partial charge in [0, 0.05) is 0 Å². The van der Waals surface area contributed by atoms with Gasteiger partial charge in [-0.2, -0.15) is 0 Å². The van der Waals surface area contributed by atoms with Crippen LogP contribution in [-0.4, -0.2) is 28.9 Å². The number of sulfone groups is 1. The van der Waals surface area contributed by atoms with Crippen LogP contribution in [0.15, 0.2) is 113 Å². The highest BCUT2D eigenvalue weighted by molar-refractivity contribution is 7.92. The molecule has 9 heteroatoms. The van der Waals surface area contributed by atoms with E-state index < -0.39 is 15.7 Å². The monoisotopic (exact) mass is 566 g/mol. The fourth-order valence-corrected chi connectivity index (χ4v) is 6.38. The number of nitrogens with zero attached hydrogens (tertiary/aromatic N) is 3. The second kappa shape index (κ2) is 10.2. The summed E-state index contributed by atoms with van der Waals surface area (Å²) in [7, 11) is -4.16. The normalized spacial score (nSPS) is 11.7. The molecule has 0 atom stereocenters. The maximum atomic E-state index is 14.3. The van der Waals surface area contributed by atoms with E-state index in [1.54, 1.807) is 59.2 Å². The summed E-state index contributed by atoms with van der Waals surface area (Å²) < 4.78 is 30.3. The summed E-state index contributed by atoms with van der Waals surface area (Å²) in [5.41, 5.74) is 3.67. The van der Waals surface area contributed by atoms with Crippen LogP contribution < -0.4 is 5.32 Å². The predicted molar refractivity (Wildman–Crippen MR) is 157 cm³/mol. The van der Waals surface area contributed by atoms with Gasteiger partial charge in [-0.1, -0.05) is 83.9 Å². The zero-order chi connectivity index (χ0) is 27.9. The van der Waals surface area contributed by atoms with Crippen LogP contribution in [0.2, 0.25) is 5.02 Å². The van der Waals surface area contributed by atoms with Crippen molar-refractivity contribution in [3.8, 4) is 0 Å². The summed E-state index contributed by atoms with van der Waals surface area (Å²) in [5.74, 6) is -0.479. The van der Waals surface area contributed by atoms with E-state index in [1.165, 1.54) is 0 Å². The number of hydrogen-bond acceptors (Lipinski definition) is 5. The molecule has 0 aliphatic rings. The molecule has 1 N–H and O–H groups in total. The van der Waals surface area contributed by atoms with Gasteiger partial charge in [0.25, 0.3) is 5.91 Å². The molecular weight excluding hydrogens is 544 g/mol. The minimum Gasteiger partial charge on any atom is -0.307 e. The molecule has 2 heterocycles. The molecule has 0 saturated carbocycles. The number of halogens is 1. The van der Waals surface area contributed by atoms with Gasteiger partial charge in [0.1, 0.15) is 16.2 Å².